The molecule has 0 spiro atoms. The van der Waals surface area contributed by atoms with E-state index >= 15 is 0 Å². The van der Waals surface area contributed by atoms with Crippen LogP contribution in [0.1, 0.15) is 33.6 Å². The molecule has 0 saturated carbocycles. The van der Waals surface area contributed by atoms with Crippen molar-refractivity contribution in [3.05, 3.63) is 24.3 Å². The first-order chi connectivity index (χ1) is 6.93. The largest absolute Gasteiger partial charge is 0.455 e. The molecule has 1 N–H and O–H groups in total. The maximum Gasteiger partial charge on any atom is 0.303 e. The first-order valence-corrected chi connectivity index (χ1v) is 5.03. The minimum absolute atomic E-state index is 0.0678. The number of ether oxygens (including phenoxy) is 1. The second-order valence-electron chi connectivity index (χ2n) is 3.86. The molecule has 0 aromatic heterocycles. The summed E-state index contributed by atoms with van der Waals surface area (Å²) in [6.45, 7) is 8.79. The summed E-state index contributed by atoms with van der Waals surface area (Å²) < 4.78 is 5.15. The lowest BCUT2D eigenvalue weighted by molar-refractivity contribution is -0.151. The van der Waals surface area contributed by atoms with Crippen LogP contribution in [0.15, 0.2) is 24.3 Å². The fourth-order valence-electron chi connectivity index (χ4n) is 1.19. The molecule has 0 bridgehead atoms. The monoisotopic (exact) mass is 212 g/mol. The van der Waals surface area contributed by atoms with Gasteiger partial charge >= 0.3 is 5.97 Å². The van der Waals surface area contributed by atoms with Gasteiger partial charge in [-0.15, -0.1) is 0 Å². The Morgan fingerprint density at radius 2 is 2.13 bits per heavy atom. The molecule has 86 valence electrons. The number of rotatable bonds is 6. The molecule has 0 aromatic rings. The molecule has 0 aromatic carbocycles. The van der Waals surface area contributed by atoms with Gasteiger partial charge in [0.15, 0.2) is 0 Å². The van der Waals surface area contributed by atoms with Crippen LogP contribution >= 0.6 is 0 Å². The van der Waals surface area contributed by atoms with Crippen molar-refractivity contribution in [1.29, 1.82) is 0 Å². The molecule has 0 fully saturated rings. The third-order valence-corrected chi connectivity index (χ3v) is 2.19. The Morgan fingerprint density at radius 3 is 2.53 bits per heavy atom. The zero-order valence-electron chi connectivity index (χ0n) is 9.75. The van der Waals surface area contributed by atoms with Crippen molar-refractivity contribution in [1.82, 2.24) is 0 Å². The molecular formula is C12H20O3. The van der Waals surface area contributed by atoms with E-state index in [1.807, 2.05) is 19.9 Å². The van der Waals surface area contributed by atoms with Crippen LogP contribution in [0, 0.1) is 0 Å². The van der Waals surface area contributed by atoms with Gasteiger partial charge in [-0.1, -0.05) is 18.2 Å². The smallest absolute Gasteiger partial charge is 0.303 e. The number of carbonyl (C=O) groups is 1. The molecule has 0 aliphatic rings. The molecule has 3 nitrogen and oxygen atoms in total. The number of carbonyl (C=O) groups excluding carboxylic acids is 1. The average Bonchev–Trinajstić information content (AvgIpc) is 2.16. The first-order valence-electron chi connectivity index (χ1n) is 5.03. The number of hydrogen-bond donors (Lipinski definition) is 1. The molecule has 0 saturated heterocycles. The fraction of sp³-hybridized carbons (Fsp3) is 0.583. The zero-order chi connectivity index (χ0) is 11.9. The van der Waals surface area contributed by atoms with Gasteiger partial charge < -0.3 is 9.84 Å². The van der Waals surface area contributed by atoms with Crippen molar-refractivity contribution in [3.8, 4) is 0 Å². The van der Waals surface area contributed by atoms with Gasteiger partial charge in [-0.05, 0) is 32.8 Å². The minimum atomic E-state index is -0.613. The fourth-order valence-corrected chi connectivity index (χ4v) is 1.19. The Balaban J connectivity index is 4.21. The van der Waals surface area contributed by atoms with Crippen LogP contribution in [0.2, 0.25) is 0 Å². The zero-order valence-corrected chi connectivity index (χ0v) is 9.75. The third-order valence-electron chi connectivity index (χ3n) is 2.19. The van der Waals surface area contributed by atoms with E-state index in [0.717, 1.165) is 12.0 Å². The van der Waals surface area contributed by atoms with Gasteiger partial charge in [-0.25, -0.2) is 0 Å². The lowest BCUT2D eigenvalue weighted by atomic mass is 9.99. The highest BCUT2D eigenvalue weighted by molar-refractivity contribution is 5.66. The van der Waals surface area contributed by atoms with Crippen LogP contribution in [-0.2, 0) is 9.53 Å². The summed E-state index contributed by atoms with van der Waals surface area (Å²) in [7, 11) is 0. The van der Waals surface area contributed by atoms with Crippen LogP contribution in [0.5, 0.6) is 0 Å². The standard InChI is InChI=1S/C12H20O3/c1-5-12(4,15-11(3)14)8-6-7-10(2)9-13/h5,7,13H,1,6,8-9H2,2-4H3/b10-7+. The predicted molar refractivity (Wildman–Crippen MR) is 60.4 cm³/mol. The van der Waals surface area contributed by atoms with Crippen molar-refractivity contribution in [2.45, 2.75) is 39.2 Å². The second kappa shape index (κ2) is 6.40. The number of hydrogen-bond acceptors (Lipinski definition) is 3. The van der Waals surface area contributed by atoms with Crippen molar-refractivity contribution >= 4 is 5.97 Å². The normalized spacial score (nSPS) is 15.6. The highest BCUT2D eigenvalue weighted by Crippen LogP contribution is 2.19. The maximum absolute atomic E-state index is 10.8. The minimum Gasteiger partial charge on any atom is -0.455 e. The Morgan fingerprint density at radius 1 is 1.53 bits per heavy atom. The summed E-state index contributed by atoms with van der Waals surface area (Å²) in [5.41, 5.74) is 0.308. The van der Waals surface area contributed by atoms with Crippen molar-refractivity contribution < 1.29 is 14.6 Å². The van der Waals surface area contributed by atoms with E-state index in [1.54, 1.807) is 6.08 Å². The van der Waals surface area contributed by atoms with E-state index in [9.17, 15) is 4.79 Å². The summed E-state index contributed by atoms with van der Waals surface area (Å²) in [6.07, 6.45) is 5.00. The predicted octanol–water partition coefficient (Wildman–Crippen LogP) is 2.21. The molecule has 3 heteroatoms. The summed E-state index contributed by atoms with van der Waals surface area (Å²) in [6, 6.07) is 0. The maximum atomic E-state index is 10.8. The molecule has 0 amide bonds. The topological polar surface area (TPSA) is 46.5 Å². The van der Waals surface area contributed by atoms with Gasteiger partial charge in [0.2, 0.25) is 0 Å². The van der Waals surface area contributed by atoms with Gasteiger partial charge in [0, 0.05) is 6.92 Å². The quantitative estimate of drug-likeness (QED) is 0.542. The van der Waals surface area contributed by atoms with Crippen molar-refractivity contribution in [3.63, 3.8) is 0 Å². The summed E-state index contributed by atoms with van der Waals surface area (Å²) in [5, 5.41) is 8.79. The van der Waals surface area contributed by atoms with E-state index in [1.165, 1.54) is 6.92 Å². The van der Waals surface area contributed by atoms with E-state index in [0.29, 0.717) is 6.42 Å². The van der Waals surface area contributed by atoms with Gasteiger partial charge in [-0.3, -0.25) is 4.79 Å². The van der Waals surface area contributed by atoms with Gasteiger partial charge in [0.1, 0.15) is 5.60 Å². The molecule has 1 atom stereocenters. The lowest BCUT2D eigenvalue weighted by Crippen LogP contribution is -2.27. The summed E-state index contributed by atoms with van der Waals surface area (Å²) in [5.74, 6) is -0.305. The van der Waals surface area contributed by atoms with Crippen molar-refractivity contribution in [2.75, 3.05) is 6.61 Å². The third kappa shape index (κ3) is 6.07. The summed E-state index contributed by atoms with van der Waals surface area (Å²) in [4.78, 5) is 10.8. The Bertz CT molecular complexity index is 256. The number of aliphatic hydroxyl groups is 1. The lowest BCUT2D eigenvalue weighted by Gasteiger charge is -2.24. The van der Waals surface area contributed by atoms with Crippen LogP contribution in [-0.4, -0.2) is 23.3 Å². The number of allylic oxidation sites excluding steroid dienone is 1. The molecule has 15 heavy (non-hydrogen) atoms. The molecule has 0 aliphatic carbocycles. The molecule has 0 heterocycles. The van der Waals surface area contributed by atoms with E-state index < -0.39 is 5.60 Å². The molecule has 0 aliphatic heterocycles. The number of aliphatic hydroxyl groups excluding tert-OH is 1. The molecular weight excluding hydrogens is 192 g/mol. The molecule has 0 rings (SSSR count). The van der Waals surface area contributed by atoms with Gasteiger partial charge in [-0.2, -0.15) is 0 Å². The SMILES string of the molecule is C=CC(C)(CC/C=C(\C)CO)OC(C)=O. The highest BCUT2D eigenvalue weighted by atomic mass is 16.6. The van der Waals surface area contributed by atoms with E-state index in [2.05, 4.69) is 6.58 Å². The Labute approximate surface area is 91.4 Å². The van der Waals surface area contributed by atoms with Crippen LogP contribution in [0.4, 0.5) is 0 Å². The van der Waals surface area contributed by atoms with Crippen LogP contribution in [0.3, 0.4) is 0 Å². The van der Waals surface area contributed by atoms with Crippen molar-refractivity contribution in [2.24, 2.45) is 0 Å². The Hall–Kier alpha value is -1.09. The molecule has 0 radical (unpaired) electrons. The number of esters is 1. The van der Waals surface area contributed by atoms with Crippen LogP contribution < -0.4 is 0 Å². The van der Waals surface area contributed by atoms with Gasteiger partial charge in [0.05, 0.1) is 6.61 Å². The molecule has 1 unspecified atom stereocenters. The average molecular weight is 212 g/mol. The van der Waals surface area contributed by atoms with E-state index in [-0.39, 0.29) is 12.6 Å². The second-order valence-corrected chi connectivity index (χ2v) is 3.86. The van der Waals surface area contributed by atoms with Gasteiger partial charge in [0.25, 0.3) is 0 Å². The highest BCUT2D eigenvalue weighted by Gasteiger charge is 2.22. The summed E-state index contributed by atoms with van der Waals surface area (Å²) >= 11 is 0. The van der Waals surface area contributed by atoms with E-state index in [4.69, 9.17) is 9.84 Å². The first kappa shape index (κ1) is 13.9. The van der Waals surface area contributed by atoms with Crippen LogP contribution in [0.25, 0.3) is 0 Å². The Kier molecular flexibility index (Phi) is 5.94.